The zero-order valence-electron chi connectivity index (χ0n) is 18.8. The molecule has 2 aromatic carbocycles. The fraction of sp³-hybridized carbons (Fsp3) is 0.440. The molecule has 0 aromatic heterocycles. The average Bonchev–Trinajstić information content (AvgIpc) is 3.22. The number of piperidine rings is 1. The molecular weight excluding hydrogens is 422 g/mol. The van der Waals surface area contributed by atoms with E-state index in [4.69, 9.17) is 4.74 Å². The van der Waals surface area contributed by atoms with Crippen molar-refractivity contribution in [2.24, 2.45) is 5.92 Å². The lowest BCUT2D eigenvalue weighted by atomic mass is 10.0. The van der Waals surface area contributed by atoms with Gasteiger partial charge in [0.1, 0.15) is 5.75 Å². The summed E-state index contributed by atoms with van der Waals surface area (Å²) in [6.45, 7) is 3.17. The number of para-hydroxylation sites is 1. The molecule has 7 heteroatoms. The van der Waals surface area contributed by atoms with Crippen molar-refractivity contribution in [1.82, 2.24) is 10.2 Å². The molecule has 2 heterocycles. The van der Waals surface area contributed by atoms with Gasteiger partial charge in [-0.3, -0.25) is 14.5 Å². The first-order valence-electron chi connectivity index (χ1n) is 11.2. The Hall–Kier alpha value is -2.51. The van der Waals surface area contributed by atoms with Crippen LogP contribution in [-0.2, 0) is 16.1 Å². The molecule has 1 N–H and O–H groups in total. The van der Waals surface area contributed by atoms with Crippen LogP contribution in [0.25, 0.3) is 0 Å². The van der Waals surface area contributed by atoms with Gasteiger partial charge >= 0.3 is 0 Å². The lowest BCUT2D eigenvalue weighted by Crippen LogP contribution is -2.46. The van der Waals surface area contributed by atoms with E-state index in [0.717, 1.165) is 48.8 Å². The van der Waals surface area contributed by atoms with Gasteiger partial charge in [-0.15, -0.1) is 11.8 Å². The van der Waals surface area contributed by atoms with Crippen molar-refractivity contribution in [3.63, 3.8) is 0 Å². The van der Waals surface area contributed by atoms with Crippen LogP contribution in [0.1, 0.15) is 24.8 Å². The van der Waals surface area contributed by atoms with E-state index in [1.165, 1.54) is 5.56 Å². The zero-order chi connectivity index (χ0) is 22.5. The highest BCUT2D eigenvalue weighted by Crippen LogP contribution is 2.28. The third-order valence-corrected chi connectivity index (χ3v) is 7.14. The lowest BCUT2D eigenvalue weighted by molar-refractivity contribution is -0.127. The van der Waals surface area contributed by atoms with Crippen LogP contribution >= 0.6 is 11.8 Å². The first-order chi connectivity index (χ1) is 15.6. The first-order valence-corrected chi connectivity index (χ1v) is 12.4. The highest BCUT2D eigenvalue weighted by atomic mass is 32.2. The first kappa shape index (κ1) is 22.7. The molecule has 2 amide bonds. The van der Waals surface area contributed by atoms with Crippen LogP contribution in [0.15, 0.2) is 53.4 Å². The number of carbonyl (C=O) groups excluding carboxylic acids is 2. The minimum absolute atomic E-state index is 0.00441. The van der Waals surface area contributed by atoms with Gasteiger partial charge in [-0.05, 0) is 49.4 Å². The van der Waals surface area contributed by atoms with E-state index in [1.54, 1.807) is 23.8 Å². The van der Waals surface area contributed by atoms with Crippen molar-refractivity contribution in [3.8, 4) is 5.75 Å². The number of anilines is 1. The number of ether oxygens (including phenoxy) is 1. The number of hydrogen-bond donors (Lipinski definition) is 1. The maximum absolute atomic E-state index is 12.9. The summed E-state index contributed by atoms with van der Waals surface area (Å²) in [4.78, 5) is 30.7. The largest absolute Gasteiger partial charge is 0.496 e. The molecule has 1 atom stereocenters. The summed E-state index contributed by atoms with van der Waals surface area (Å²) in [5, 5.41) is 3.21. The maximum atomic E-state index is 12.9. The molecule has 0 aliphatic carbocycles. The molecule has 0 radical (unpaired) electrons. The van der Waals surface area contributed by atoms with E-state index in [-0.39, 0.29) is 30.2 Å². The van der Waals surface area contributed by atoms with Gasteiger partial charge in [0, 0.05) is 54.8 Å². The number of rotatable bonds is 7. The second kappa shape index (κ2) is 10.4. The van der Waals surface area contributed by atoms with Gasteiger partial charge in [0.2, 0.25) is 11.8 Å². The van der Waals surface area contributed by atoms with E-state index < -0.39 is 0 Å². The Labute approximate surface area is 194 Å². The Kier molecular flexibility index (Phi) is 7.37. The Morgan fingerprint density at radius 3 is 2.53 bits per heavy atom. The van der Waals surface area contributed by atoms with E-state index in [2.05, 4.69) is 16.3 Å². The molecule has 2 aromatic rings. The highest BCUT2D eigenvalue weighted by molar-refractivity contribution is 7.98. The summed E-state index contributed by atoms with van der Waals surface area (Å²) in [7, 11) is 1.70. The third-order valence-electron chi connectivity index (χ3n) is 6.40. The van der Waals surface area contributed by atoms with Crippen LogP contribution in [0.3, 0.4) is 0 Å². The number of likely N-dealkylation sites (tertiary alicyclic amines) is 1. The molecule has 0 saturated carbocycles. The molecule has 170 valence electrons. The molecule has 2 saturated heterocycles. The summed E-state index contributed by atoms with van der Waals surface area (Å²) in [6.07, 6.45) is 4.14. The second-order valence-corrected chi connectivity index (χ2v) is 9.35. The third kappa shape index (κ3) is 5.27. The summed E-state index contributed by atoms with van der Waals surface area (Å²) in [6, 6.07) is 16.2. The maximum Gasteiger partial charge on any atom is 0.227 e. The van der Waals surface area contributed by atoms with Gasteiger partial charge in [0.05, 0.1) is 13.0 Å². The normalized spacial score (nSPS) is 19.9. The second-order valence-electron chi connectivity index (χ2n) is 8.47. The zero-order valence-corrected chi connectivity index (χ0v) is 19.6. The lowest BCUT2D eigenvalue weighted by Gasteiger charge is -2.33. The molecule has 2 aliphatic heterocycles. The van der Waals surface area contributed by atoms with Crippen LogP contribution in [0.5, 0.6) is 5.75 Å². The quantitative estimate of drug-likeness (QED) is 0.650. The van der Waals surface area contributed by atoms with E-state index >= 15 is 0 Å². The predicted octanol–water partition coefficient (Wildman–Crippen LogP) is 3.55. The Bertz CT molecular complexity index is 942. The van der Waals surface area contributed by atoms with Gasteiger partial charge in [0.15, 0.2) is 0 Å². The van der Waals surface area contributed by atoms with E-state index in [1.807, 2.05) is 48.7 Å². The SMILES string of the molecule is COc1ccccc1CN1CCC(NC(=O)C2CC(=O)N(c3ccc(SC)cc3)C2)CC1. The summed E-state index contributed by atoms with van der Waals surface area (Å²) in [5.74, 6) is 0.661. The molecule has 6 nitrogen and oxygen atoms in total. The molecule has 1 unspecified atom stereocenters. The Balaban J connectivity index is 1.26. The van der Waals surface area contributed by atoms with Crippen molar-refractivity contribution in [2.45, 2.75) is 36.7 Å². The monoisotopic (exact) mass is 453 g/mol. The Morgan fingerprint density at radius 1 is 1.12 bits per heavy atom. The van der Waals surface area contributed by atoms with Crippen LogP contribution < -0.4 is 15.0 Å². The highest BCUT2D eigenvalue weighted by Gasteiger charge is 2.36. The van der Waals surface area contributed by atoms with Crippen molar-refractivity contribution < 1.29 is 14.3 Å². The fourth-order valence-corrected chi connectivity index (χ4v) is 4.93. The summed E-state index contributed by atoms with van der Waals surface area (Å²) < 4.78 is 5.46. The summed E-state index contributed by atoms with van der Waals surface area (Å²) >= 11 is 1.67. The average molecular weight is 454 g/mol. The van der Waals surface area contributed by atoms with E-state index in [9.17, 15) is 9.59 Å². The molecule has 32 heavy (non-hydrogen) atoms. The Morgan fingerprint density at radius 2 is 1.84 bits per heavy atom. The number of nitrogens with one attached hydrogen (secondary N) is 1. The number of amides is 2. The molecule has 2 aliphatic rings. The number of hydrogen-bond acceptors (Lipinski definition) is 5. The van der Waals surface area contributed by atoms with Gasteiger partial charge < -0.3 is 15.0 Å². The van der Waals surface area contributed by atoms with Crippen molar-refractivity contribution >= 4 is 29.3 Å². The number of nitrogens with zero attached hydrogens (tertiary/aromatic N) is 2. The smallest absolute Gasteiger partial charge is 0.227 e. The van der Waals surface area contributed by atoms with Gasteiger partial charge in [0.25, 0.3) is 0 Å². The van der Waals surface area contributed by atoms with Crippen molar-refractivity contribution in [3.05, 3.63) is 54.1 Å². The van der Waals surface area contributed by atoms with Crippen LogP contribution in [0, 0.1) is 5.92 Å². The van der Waals surface area contributed by atoms with Crippen LogP contribution in [0.2, 0.25) is 0 Å². The standard InChI is InChI=1S/C25H31N3O3S/c1-31-23-6-4-3-5-18(23)16-27-13-11-20(12-14-27)26-25(30)19-15-24(29)28(17-19)21-7-9-22(32-2)10-8-21/h3-10,19-20H,11-17H2,1-2H3,(H,26,30). The van der Waals surface area contributed by atoms with Crippen molar-refractivity contribution in [2.75, 3.05) is 37.9 Å². The molecular formula is C25H31N3O3S. The summed E-state index contributed by atoms with van der Waals surface area (Å²) in [5.41, 5.74) is 2.06. The fourth-order valence-electron chi connectivity index (χ4n) is 4.52. The molecule has 0 bridgehead atoms. The predicted molar refractivity (Wildman–Crippen MR) is 128 cm³/mol. The number of carbonyl (C=O) groups is 2. The molecule has 4 rings (SSSR count). The number of benzene rings is 2. The van der Waals surface area contributed by atoms with Gasteiger partial charge in [-0.2, -0.15) is 0 Å². The van der Waals surface area contributed by atoms with Crippen LogP contribution in [-0.4, -0.2) is 55.8 Å². The van der Waals surface area contributed by atoms with Crippen LogP contribution in [0.4, 0.5) is 5.69 Å². The molecule has 2 fully saturated rings. The minimum atomic E-state index is -0.283. The van der Waals surface area contributed by atoms with Gasteiger partial charge in [-0.25, -0.2) is 0 Å². The number of thioether (sulfide) groups is 1. The van der Waals surface area contributed by atoms with Gasteiger partial charge in [-0.1, -0.05) is 18.2 Å². The molecule has 0 spiro atoms. The van der Waals surface area contributed by atoms with E-state index in [0.29, 0.717) is 6.54 Å². The minimum Gasteiger partial charge on any atom is -0.496 e. The topological polar surface area (TPSA) is 61.9 Å². The van der Waals surface area contributed by atoms with Crippen molar-refractivity contribution in [1.29, 1.82) is 0 Å². The number of methoxy groups -OCH3 is 1.